The number of carbonyl (C=O) groups is 3. The maximum Gasteiger partial charge on any atom is 0.313 e. The van der Waals surface area contributed by atoms with E-state index in [0.717, 1.165) is 13.0 Å². The number of nitrogens with zero attached hydrogens (tertiary/aromatic N) is 1. The third-order valence-corrected chi connectivity index (χ3v) is 6.23. The summed E-state index contributed by atoms with van der Waals surface area (Å²) in [4.78, 5) is 39.6. The molecule has 0 N–H and O–H groups in total. The first-order valence-corrected chi connectivity index (χ1v) is 11.5. The van der Waals surface area contributed by atoms with Gasteiger partial charge in [0.25, 0.3) is 0 Å². The van der Waals surface area contributed by atoms with Crippen molar-refractivity contribution in [3.8, 4) is 0 Å². The molecule has 0 rings (SSSR count). The number of ether oxygens (including phenoxy) is 2. The molecule has 0 bridgehead atoms. The molecule has 0 aliphatic carbocycles. The lowest BCUT2D eigenvalue weighted by atomic mass is 9.69. The zero-order chi connectivity index (χ0) is 24.6. The lowest BCUT2D eigenvalue weighted by Gasteiger charge is -2.39. The fraction of sp³-hybridized carbons (Fsp3) is 0.880. The second kappa shape index (κ2) is 12.0. The minimum absolute atomic E-state index is 0.149. The molecule has 1 unspecified atom stereocenters. The fourth-order valence-corrected chi connectivity index (χ4v) is 3.72. The van der Waals surface area contributed by atoms with Crippen LogP contribution in [0.1, 0.15) is 94.4 Å². The highest BCUT2D eigenvalue weighted by molar-refractivity contribution is 5.98. The number of hydrogen-bond donors (Lipinski definition) is 0. The fourth-order valence-electron chi connectivity index (χ4n) is 3.72. The Morgan fingerprint density at radius 1 is 0.935 bits per heavy atom. The standard InChI is InChI=1S/C25H47NO5/c1-12-20(30-21(28)14-13-15-26(10)11)24(6,7)17-23(4,5)19(27)16-22(29)31-25(8,9)18(2)3/h18,20H,12-17H2,1-11H3. The number of Topliss-reactive ketones (excluding diaryl/α,β-unsaturated/α-hetero) is 1. The normalized spacial score (nSPS) is 14.0. The van der Waals surface area contributed by atoms with Crippen LogP contribution in [0, 0.1) is 16.7 Å². The molecule has 0 amide bonds. The molecule has 6 heteroatoms. The maximum absolute atomic E-state index is 12.9. The molecule has 31 heavy (non-hydrogen) atoms. The largest absolute Gasteiger partial charge is 0.462 e. The Morgan fingerprint density at radius 3 is 1.94 bits per heavy atom. The van der Waals surface area contributed by atoms with Crippen LogP contribution < -0.4 is 0 Å². The molecule has 182 valence electrons. The molecule has 1 atom stereocenters. The highest BCUT2D eigenvalue weighted by Crippen LogP contribution is 2.40. The van der Waals surface area contributed by atoms with Crippen LogP contribution in [-0.2, 0) is 23.9 Å². The van der Waals surface area contributed by atoms with Gasteiger partial charge in [0, 0.05) is 17.3 Å². The van der Waals surface area contributed by atoms with Gasteiger partial charge < -0.3 is 14.4 Å². The van der Waals surface area contributed by atoms with Crippen molar-refractivity contribution in [2.24, 2.45) is 16.7 Å². The maximum atomic E-state index is 12.9. The Morgan fingerprint density at radius 2 is 1.48 bits per heavy atom. The molecule has 0 radical (unpaired) electrons. The SMILES string of the molecule is CCC(OC(=O)CCCN(C)C)C(C)(C)CC(C)(C)C(=O)CC(=O)OC(C)(C)C(C)C. The quantitative estimate of drug-likeness (QED) is 0.278. The first-order chi connectivity index (χ1) is 13.9. The second-order valence-corrected chi connectivity index (χ2v) is 11.2. The number of hydrogen-bond acceptors (Lipinski definition) is 6. The summed E-state index contributed by atoms with van der Waals surface area (Å²) >= 11 is 0. The molecule has 0 aliphatic rings. The Labute approximate surface area is 190 Å². The zero-order valence-corrected chi connectivity index (χ0v) is 21.9. The van der Waals surface area contributed by atoms with Gasteiger partial charge >= 0.3 is 11.9 Å². The summed E-state index contributed by atoms with van der Waals surface area (Å²) in [5.41, 5.74) is -1.77. The van der Waals surface area contributed by atoms with Crippen LogP contribution >= 0.6 is 0 Å². The predicted molar refractivity (Wildman–Crippen MR) is 125 cm³/mol. The zero-order valence-electron chi connectivity index (χ0n) is 21.9. The van der Waals surface area contributed by atoms with Crippen LogP contribution in [0.2, 0.25) is 0 Å². The van der Waals surface area contributed by atoms with E-state index in [1.165, 1.54) is 0 Å². The Balaban J connectivity index is 5.02. The Kier molecular flexibility index (Phi) is 11.4. The summed E-state index contributed by atoms with van der Waals surface area (Å²) in [7, 11) is 3.95. The van der Waals surface area contributed by atoms with Crippen molar-refractivity contribution in [1.29, 1.82) is 0 Å². The molecule has 0 aromatic carbocycles. The number of ketones is 1. The second-order valence-electron chi connectivity index (χ2n) is 11.2. The van der Waals surface area contributed by atoms with Gasteiger partial charge in [-0.15, -0.1) is 0 Å². The molecular formula is C25H47NO5. The van der Waals surface area contributed by atoms with Crippen molar-refractivity contribution < 1.29 is 23.9 Å². The van der Waals surface area contributed by atoms with Crippen LogP contribution in [-0.4, -0.2) is 55.0 Å². The first-order valence-electron chi connectivity index (χ1n) is 11.5. The van der Waals surface area contributed by atoms with Crippen LogP contribution in [0.25, 0.3) is 0 Å². The van der Waals surface area contributed by atoms with E-state index in [0.29, 0.717) is 19.3 Å². The van der Waals surface area contributed by atoms with E-state index in [1.54, 1.807) is 0 Å². The van der Waals surface area contributed by atoms with Gasteiger partial charge in [-0.3, -0.25) is 14.4 Å². The van der Waals surface area contributed by atoms with E-state index in [9.17, 15) is 14.4 Å². The minimum atomic E-state index is -0.741. The molecule has 0 spiro atoms. The summed E-state index contributed by atoms with van der Waals surface area (Å²) in [6, 6.07) is 0. The van der Waals surface area contributed by atoms with Gasteiger partial charge in [0.05, 0.1) is 0 Å². The van der Waals surface area contributed by atoms with Gasteiger partial charge in [-0.05, 0) is 59.7 Å². The summed E-state index contributed by atoms with van der Waals surface area (Å²) in [5.74, 6) is -0.701. The summed E-state index contributed by atoms with van der Waals surface area (Å²) < 4.78 is 11.3. The first kappa shape index (κ1) is 29.6. The topological polar surface area (TPSA) is 72.9 Å². The van der Waals surface area contributed by atoms with Crippen molar-refractivity contribution in [1.82, 2.24) is 4.90 Å². The van der Waals surface area contributed by atoms with Gasteiger partial charge in [-0.1, -0.05) is 48.5 Å². The van der Waals surface area contributed by atoms with Gasteiger partial charge in [0.1, 0.15) is 23.9 Å². The smallest absolute Gasteiger partial charge is 0.313 e. The van der Waals surface area contributed by atoms with Crippen LogP contribution in [0.15, 0.2) is 0 Å². The highest BCUT2D eigenvalue weighted by Gasteiger charge is 2.41. The molecule has 0 saturated heterocycles. The molecule has 0 aromatic rings. The third-order valence-electron chi connectivity index (χ3n) is 6.23. The molecule has 0 heterocycles. The van der Waals surface area contributed by atoms with Crippen LogP contribution in [0.5, 0.6) is 0 Å². The van der Waals surface area contributed by atoms with E-state index in [1.807, 2.05) is 81.3 Å². The van der Waals surface area contributed by atoms with Crippen LogP contribution in [0.4, 0.5) is 0 Å². The van der Waals surface area contributed by atoms with E-state index in [2.05, 4.69) is 0 Å². The number of rotatable bonds is 14. The lowest BCUT2D eigenvalue weighted by Crippen LogP contribution is -2.41. The number of carbonyl (C=O) groups excluding carboxylic acids is 3. The predicted octanol–water partition coefficient (Wildman–Crippen LogP) is 5.03. The van der Waals surface area contributed by atoms with Gasteiger partial charge in [0.2, 0.25) is 0 Å². The van der Waals surface area contributed by atoms with E-state index in [4.69, 9.17) is 9.47 Å². The van der Waals surface area contributed by atoms with E-state index in [-0.39, 0.29) is 30.2 Å². The van der Waals surface area contributed by atoms with Crippen molar-refractivity contribution in [2.75, 3.05) is 20.6 Å². The van der Waals surface area contributed by atoms with Crippen LogP contribution in [0.3, 0.4) is 0 Å². The van der Waals surface area contributed by atoms with Crippen molar-refractivity contribution in [3.05, 3.63) is 0 Å². The minimum Gasteiger partial charge on any atom is -0.462 e. The monoisotopic (exact) mass is 441 g/mol. The van der Waals surface area contributed by atoms with Gasteiger partial charge in [0.15, 0.2) is 0 Å². The molecular weight excluding hydrogens is 394 g/mol. The summed E-state index contributed by atoms with van der Waals surface area (Å²) in [5, 5.41) is 0. The number of esters is 2. The van der Waals surface area contributed by atoms with Gasteiger partial charge in [-0.2, -0.15) is 0 Å². The summed E-state index contributed by atoms with van der Waals surface area (Å²) in [6.45, 7) is 18.2. The molecule has 0 aliphatic heterocycles. The van der Waals surface area contributed by atoms with Crippen molar-refractivity contribution >= 4 is 17.7 Å². The van der Waals surface area contributed by atoms with E-state index >= 15 is 0 Å². The third kappa shape index (κ3) is 10.6. The summed E-state index contributed by atoms with van der Waals surface area (Å²) in [6.07, 6.45) is 1.76. The Hall–Kier alpha value is -1.43. The van der Waals surface area contributed by atoms with Crippen molar-refractivity contribution in [2.45, 2.75) is 106 Å². The van der Waals surface area contributed by atoms with E-state index < -0.39 is 22.4 Å². The molecule has 0 fully saturated rings. The lowest BCUT2D eigenvalue weighted by molar-refractivity contribution is -0.163. The van der Waals surface area contributed by atoms with Crippen molar-refractivity contribution in [3.63, 3.8) is 0 Å². The molecule has 6 nitrogen and oxygen atoms in total. The average molecular weight is 442 g/mol. The molecule has 0 aromatic heterocycles. The highest BCUT2D eigenvalue weighted by atomic mass is 16.6. The van der Waals surface area contributed by atoms with Gasteiger partial charge in [-0.25, -0.2) is 0 Å². The molecule has 0 saturated carbocycles. The Bertz CT molecular complexity index is 605. The average Bonchev–Trinajstić information content (AvgIpc) is 2.57.